The molecule has 0 radical (unpaired) electrons. The molecule has 1 saturated heterocycles. The molecule has 2 rings (SSSR count). The van der Waals surface area contributed by atoms with Gasteiger partial charge in [-0.05, 0) is 25.0 Å². The summed E-state index contributed by atoms with van der Waals surface area (Å²) in [6.07, 6.45) is 2.02. The molecule has 4 nitrogen and oxygen atoms in total. The van der Waals surface area contributed by atoms with Crippen molar-refractivity contribution in [3.05, 3.63) is 28.8 Å². The molecule has 1 heterocycles. The van der Waals surface area contributed by atoms with Crippen LogP contribution in [0.3, 0.4) is 0 Å². The maximum atomic E-state index is 11.0. The summed E-state index contributed by atoms with van der Waals surface area (Å²) in [6.45, 7) is 1.11. The van der Waals surface area contributed by atoms with Crippen LogP contribution in [0.1, 0.15) is 23.2 Å². The third-order valence-electron chi connectivity index (χ3n) is 2.64. The maximum Gasteiger partial charge on any atom is 0.341 e. The Morgan fingerprint density at radius 3 is 3.06 bits per heavy atom. The van der Waals surface area contributed by atoms with Crippen LogP contribution in [0.25, 0.3) is 0 Å². The Bertz CT molecular complexity index is 413. The number of halogens is 1. The van der Waals surface area contributed by atoms with Gasteiger partial charge in [-0.25, -0.2) is 4.79 Å². The Kier molecular flexibility index (Phi) is 3.86. The van der Waals surface area contributed by atoms with Gasteiger partial charge in [0.1, 0.15) is 17.9 Å². The molecule has 1 aromatic rings. The van der Waals surface area contributed by atoms with Crippen molar-refractivity contribution in [1.29, 1.82) is 0 Å². The molecule has 1 N–H and O–H groups in total. The number of carbonyl (C=O) groups is 1. The predicted octanol–water partition coefficient (Wildman–Crippen LogP) is 2.60. The number of ether oxygens (including phenoxy) is 2. The van der Waals surface area contributed by atoms with E-state index in [0.717, 1.165) is 19.4 Å². The lowest BCUT2D eigenvalue weighted by atomic mass is 10.2. The van der Waals surface area contributed by atoms with Gasteiger partial charge in [0.2, 0.25) is 0 Å². The minimum atomic E-state index is -1.09. The lowest BCUT2D eigenvalue weighted by Gasteiger charge is -2.13. The molecule has 1 atom stereocenters. The van der Waals surface area contributed by atoms with Crippen molar-refractivity contribution in [3.63, 3.8) is 0 Å². The van der Waals surface area contributed by atoms with E-state index in [1.54, 1.807) is 12.1 Å². The van der Waals surface area contributed by atoms with Gasteiger partial charge in [0, 0.05) is 6.61 Å². The molecule has 0 spiro atoms. The van der Waals surface area contributed by atoms with Crippen LogP contribution in [0.2, 0.25) is 5.02 Å². The van der Waals surface area contributed by atoms with Crippen LogP contribution >= 0.6 is 11.6 Å². The molecular formula is C12H13ClO4. The minimum Gasteiger partial charge on any atom is -0.490 e. The first-order valence-electron chi connectivity index (χ1n) is 5.44. The third-order valence-corrected chi connectivity index (χ3v) is 2.95. The fraction of sp³-hybridized carbons (Fsp3) is 0.417. The molecule has 0 saturated carbocycles. The molecule has 1 aliphatic rings. The lowest BCUT2D eigenvalue weighted by Crippen LogP contribution is -2.17. The molecule has 92 valence electrons. The van der Waals surface area contributed by atoms with Gasteiger partial charge in [0.05, 0.1) is 11.1 Å². The average Bonchev–Trinajstić information content (AvgIpc) is 2.78. The summed E-state index contributed by atoms with van der Waals surface area (Å²) >= 11 is 5.83. The maximum absolute atomic E-state index is 11.0. The topological polar surface area (TPSA) is 55.8 Å². The second-order valence-electron chi connectivity index (χ2n) is 3.86. The van der Waals surface area contributed by atoms with E-state index >= 15 is 0 Å². The standard InChI is InChI=1S/C12H13ClO4/c13-9-4-1-5-10(11(9)12(14)15)17-7-8-3-2-6-16-8/h1,4-5,8H,2-3,6-7H2,(H,14,15). The molecule has 0 bridgehead atoms. The fourth-order valence-electron chi connectivity index (χ4n) is 1.79. The zero-order valence-corrected chi connectivity index (χ0v) is 9.94. The Morgan fingerprint density at radius 1 is 1.59 bits per heavy atom. The van der Waals surface area contributed by atoms with E-state index in [0.29, 0.717) is 12.4 Å². The van der Waals surface area contributed by atoms with E-state index in [-0.39, 0.29) is 16.7 Å². The van der Waals surface area contributed by atoms with Crippen molar-refractivity contribution in [2.45, 2.75) is 18.9 Å². The van der Waals surface area contributed by atoms with Crippen LogP contribution in [-0.2, 0) is 4.74 Å². The Balaban J connectivity index is 2.09. The van der Waals surface area contributed by atoms with E-state index in [2.05, 4.69) is 0 Å². The highest BCUT2D eigenvalue weighted by molar-refractivity contribution is 6.33. The first-order valence-corrected chi connectivity index (χ1v) is 5.82. The second kappa shape index (κ2) is 5.38. The number of aromatic carboxylic acids is 1. The lowest BCUT2D eigenvalue weighted by molar-refractivity contribution is 0.0630. The van der Waals surface area contributed by atoms with Gasteiger partial charge in [-0.3, -0.25) is 0 Å². The fourth-order valence-corrected chi connectivity index (χ4v) is 2.04. The van der Waals surface area contributed by atoms with Crippen LogP contribution in [0.4, 0.5) is 0 Å². The van der Waals surface area contributed by atoms with Crippen molar-refractivity contribution < 1.29 is 19.4 Å². The van der Waals surface area contributed by atoms with Crippen LogP contribution in [0, 0.1) is 0 Å². The SMILES string of the molecule is O=C(O)c1c(Cl)cccc1OCC1CCCO1. The molecule has 1 aromatic carbocycles. The normalized spacial score (nSPS) is 19.2. The van der Waals surface area contributed by atoms with Crippen molar-refractivity contribution in [2.75, 3.05) is 13.2 Å². The molecule has 5 heteroatoms. The van der Waals surface area contributed by atoms with Crippen LogP contribution < -0.4 is 4.74 Å². The van der Waals surface area contributed by atoms with Crippen molar-refractivity contribution in [1.82, 2.24) is 0 Å². The summed E-state index contributed by atoms with van der Waals surface area (Å²) in [7, 11) is 0. The minimum absolute atomic E-state index is 0.00663. The van der Waals surface area contributed by atoms with Gasteiger partial charge < -0.3 is 14.6 Å². The van der Waals surface area contributed by atoms with Crippen LogP contribution in [0.15, 0.2) is 18.2 Å². The molecule has 0 aliphatic carbocycles. The Labute approximate surface area is 104 Å². The number of hydrogen-bond acceptors (Lipinski definition) is 3. The van der Waals surface area contributed by atoms with Crippen molar-refractivity contribution in [2.24, 2.45) is 0 Å². The highest BCUT2D eigenvalue weighted by atomic mass is 35.5. The van der Waals surface area contributed by atoms with Gasteiger partial charge in [-0.1, -0.05) is 17.7 Å². The van der Waals surface area contributed by atoms with Crippen molar-refractivity contribution >= 4 is 17.6 Å². The van der Waals surface area contributed by atoms with E-state index in [4.69, 9.17) is 26.2 Å². The van der Waals surface area contributed by atoms with Crippen molar-refractivity contribution in [3.8, 4) is 5.75 Å². The van der Waals surface area contributed by atoms with Gasteiger partial charge >= 0.3 is 5.97 Å². The van der Waals surface area contributed by atoms with Gasteiger partial charge in [0.15, 0.2) is 0 Å². The zero-order chi connectivity index (χ0) is 12.3. The van der Waals surface area contributed by atoms with Crippen LogP contribution in [0.5, 0.6) is 5.75 Å². The highest BCUT2D eigenvalue weighted by Crippen LogP contribution is 2.27. The van der Waals surface area contributed by atoms with E-state index < -0.39 is 5.97 Å². The summed E-state index contributed by atoms with van der Waals surface area (Å²) in [6, 6.07) is 4.80. The molecular weight excluding hydrogens is 244 g/mol. The summed E-state index contributed by atoms with van der Waals surface area (Å²) in [5.41, 5.74) is 0.00663. The van der Waals surface area contributed by atoms with Gasteiger partial charge in [-0.15, -0.1) is 0 Å². The van der Waals surface area contributed by atoms with E-state index in [1.165, 1.54) is 6.07 Å². The average molecular weight is 257 g/mol. The van der Waals surface area contributed by atoms with Gasteiger partial charge in [-0.2, -0.15) is 0 Å². The number of rotatable bonds is 4. The van der Waals surface area contributed by atoms with Crippen LogP contribution in [-0.4, -0.2) is 30.4 Å². The third kappa shape index (κ3) is 2.90. The first kappa shape index (κ1) is 12.2. The number of carboxylic acid groups (broad SMARTS) is 1. The molecule has 1 unspecified atom stereocenters. The highest BCUT2D eigenvalue weighted by Gasteiger charge is 2.19. The monoisotopic (exact) mass is 256 g/mol. The summed E-state index contributed by atoms with van der Waals surface area (Å²) < 4.78 is 10.9. The quantitative estimate of drug-likeness (QED) is 0.900. The smallest absolute Gasteiger partial charge is 0.341 e. The Hall–Kier alpha value is -1.26. The summed E-state index contributed by atoms with van der Waals surface area (Å²) in [5.74, 6) is -0.793. The molecule has 1 fully saturated rings. The summed E-state index contributed by atoms with van der Waals surface area (Å²) in [5, 5.41) is 9.23. The molecule has 1 aliphatic heterocycles. The number of hydrogen-bond donors (Lipinski definition) is 1. The molecule has 0 aromatic heterocycles. The second-order valence-corrected chi connectivity index (χ2v) is 4.27. The number of carboxylic acids is 1. The van der Waals surface area contributed by atoms with E-state index in [1.807, 2.05) is 0 Å². The Morgan fingerprint density at radius 2 is 2.41 bits per heavy atom. The molecule has 0 amide bonds. The first-order chi connectivity index (χ1) is 8.18. The van der Waals surface area contributed by atoms with Gasteiger partial charge in [0.25, 0.3) is 0 Å². The zero-order valence-electron chi connectivity index (χ0n) is 9.19. The summed E-state index contributed by atoms with van der Waals surface area (Å²) in [4.78, 5) is 11.0. The number of benzene rings is 1. The van der Waals surface area contributed by atoms with E-state index in [9.17, 15) is 4.79 Å². The predicted molar refractivity (Wildman–Crippen MR) is 62.9 cm³/mol. The molecule has 17 heavy (non-hydrogen) atoms. The largest absolute Gasteiger partial charge is 0.490 e.